The number of halogens is 1. The molecule has 1 aromatic carbocycles. The van der Waals surface area contributed by atoms with Crippen LogP contribution in [0, 0.1) is 5.82 Å². The number of ether oxygens (including phenoxy) is 1. The molecule has 0 aliphatic carbocycles. The van der Waals surface area contributed by atoms with Gasteiger partial charge in [0.1, 0.15) is 11.6 Å². The number of rotatable bonds is 4. The van der Waals surface area contributed by atoms with Crippen molar-refractivity contribution >= 4 is 18.7 Å². The van der Waals surface area contributed by atoms with Crippen LogP contribution in [0.25, 0.3) is 0 Å². The van der Waals surface area contributed by atoms with Crippen molar-refractivity contribution in [2.45, 2.75) is 39.3 Å². The Labute approximate surface area is 135 Å². The number of hydrogen-bond donors (Lipinski definition) is 2. The summed E-state index contributed by atoms with van der Waals surface area (Å²) in [5, 5.41) is 19.5. The van der Waals surface area contributed by atoms with Gasteiger partial charge in [-0.05, 0) is 39.8 Å². The highest BCUT2D eigenvalue weighted by atomic mass is 19.1. The van der Waals surface area contributed by atoms with Gasteiger partial charge in [0.25, 0.3) is 0 Å². The van der Waals surface area contributed by atoms with Crippen molar-refractivity contribution in [3.05, 3.63) is 23.5 Å². The summed E-state index contributed by atoms with van der Waals surface area (Å²) in [5.41, 5.74) is -0.299. The summed E-state index contributed by atoms with van der Waals surface area (Å²) in [6.45, 7) is 7.26. The summed E-state index contributed by atoms with van der Waals surface area (Å²) in [6.07, 6.45) is -2.03. The molecule has 0 saturated heterocycles. The monoisotopic (exact) mass is 325 g/mol. The Hall–Kier alpha value is -1.80. The smallest absolute Gasteiger partial charge is 0.494 e. The lowest BCUT2D eigenvalue weighted by Gasteiger charge is -2.35. The minimum atomic E-state index is -1.34. The van der Waals surface area contributed by atoms with Crippen molar-refractivity contribution in [2.24, 2.45) is 0 Å². The first-order chi connectivity index (χ1) is 10.7. The number of fused-ring (bicyclic) bond motifs is 1. The predicted molar refractivity (Wildman–Crippen MR) is 83.5 cm³/mol. The molecule has 6 nitrogen and oxygen atoms in total. The number of hydrogen-bond acceptors (Lipinski definition) is 4. The Kier molecular flexibility index (Phi) is 4.86. The summed E-state index contributed by atoms with van der Waals surface area (Å²) >= 11 is 0. The molecule has 23 heavy (non-hydrogen) atoms. The lowest BCUT2D eigenvalue weighted by molar-refractivity contribution is 0.0617. The van der Waals surface area contributed by atoms with E-state index in [2.05, 4.69) is 0 Å². The standard InChI is InChI=1S/C15H21BFNO5/c1-5-22-10-7-6-9(17)12-11(23-16(21)13(10)12)8-18(14(19)20)15(2,3)4/h6-7,11,21H,5,8H2,1-4H3,(H,19,20)/t11-/m1/s1. The van der Waals surface area contributed by atoms with Gasteiger partial charge in [0, 0.05) is 16.6 Å². The third kappa shape index (κ3) is 3.43. The third-order valence-corrected chi connectivity index (χ3v) is 3.74. The average molecular weight is 325 g/mol. The predicted octanol–water partition coefficient (Wildman–Crippen LogP) is 1.76. The zero-order chi connectivity index (χ0) is 17.4. The second kappa shape index (κ2) is 6.37. The molecule has 126 valence electrons. The van der Waals surface area contributed by atoms with E-state index in [1.165, 1.54) is 12.1 Å². The van der Waals surface area contributed by atoms with Crippen molar-refractivity contribution in [3.63, 3.8) is 0 Å². The molecule has 1 aromatic rings. The molecule has 8 heteroatoms. The number of nitrogens with zero attached hydrogens (tertiary/aromatic N) is 1. The summed E-state index contributed by atoms with van der Waals surface area (Å²) in [6, 6.07) is 2.67. The van der Waals surface area contributed by atoms with Gasteiger partial charge in [-0.15, -0.1) is 0 Å². The van der Waals surface area contributed by atoms with Crippen molar-refractivity contribution < 1.29 is 28.7 Å². The maximum Gasteiger partial charge on any atom is 0.495 e. The maximum absolute atomic E-state index is 14.3. The molecule has 0 aromatic heterocycles. The first-order valence-electron chi connectivity index (χ1n) is 7.46. The topological polar surface area (TPSA) is 79.2 Å². The Morgan fingerprint density at radius 1 is 1.48 bits per heavy atom. The van der Waals surface area contributed by atoms with Gasteiger partial charge in [0.2, 0.25) is 0 Å². The fourth-order valence-electron chi connectivity index (χ4n) is 2.68. The third-order valence-electron chi connectivity index (χ3n) is 3.74. The summed E-state index contributed by atoms with van der Waals surface area (Å²) in [4.78, 5) is 12.6. The zero-order valence-corrected chi connectivity index (χ0v) is 13.7. The minimum absolute atomic E-state index is 0.0879. The SMILES string of the molecule is CCOc1ccc(F)c2c1B(O)O[C@@H]2CN(C(=O)O)C(C)(C)C. The maximum atomic E-state index is 14.3. The number of carbonyl (C=O) groups is 1. The summed E-state index contributed by atoms with van der Waals surface area (Å²) < 4.78 is 25.1. The van der Waals surface area contributed by atoms with Crippen molar-refractivity contribution in [3.8, 4) is 5.75 Å². The highest BCUT2D eigenvalue weighted by Crippen LogP contribution is 2.32. The van der Waals surface area contributed by atoms with Crippen LogP contribution in [-0.4, -0.2) is 46.9 Å². The molecule has 0 bridgehead atoms. The second-order valence-corrected chi connectivity index (χ2v) is 6.35. The number of amides is 1. The molecule has 2 rings (SSSR count). The van der Waals surface area contributed by atoms with Crippen LogP contribution in [0.4, 0.5) is 9.18 Å². The van der Waals surface area contributed by atoms with Crippen LogP contribution in [0.5, 0.6) is 5.75 Å². The average Bonchev–Trinajstić information content (AvgIpc) is 2.76. The first-order valence-corrected chi connectivity index (χ1v) is 7.46. The van der Waals surface area contributed by atoms with Gasteiger partial charge in [0.05, 0.1) is 19.3 Å². The van der Waals surface area contributed by atoms with Gasteiger partial charge in [-0.2, -0.15) is 0 Å². The zero-order valence-electron chi connectivity index (χ0n) is 13.7. The van der Waals surface area contributed by atoms with E-state index < -0.39 is 30.7 Å². The van der Waals surface area contributed by atoms with Crippen LogP contribution >= 0.6 is 0 Å². The van der Waals surface area contributed by atoms with Gasteiger partial charge >= 0.3 is 13.2 Å². The van der Waals surface area contributed by atoms with E-state index in [4.69, 9.17) is 9.39 Å². The highest BCUT2D eigenvalue weighted by Gasteiger charge is 2.42. The van der Waals surface area contributed by atoms with Gasteiger partial charge in [-0.1, -0.05) is 0 Å². The molecule has 1 aliphatic rings. The largest absolute Gasteiger partial charge is 0.495 e. The van der Waals surface area contributed by atoms with Gasteiger partial charge < -0.3 is 24.4 Å². The molecule has 0 radical (unpaired) electrons. The molecule has 1 aliphatic heterocycles. The van der Waals surface area contributed by atoms with Crippen LogP contribution in [0.3, 0.4) is 0 Å². The van der Waals surface area contributed by atoms with E-state index in [-0.39, 0.29) is 17.6 Å². The Morgan fingerprint density at radius 3 is 2.65 bits per heavy atom. The molecule has 2 N–H and O–H groups in total. The molecule has 0 unspecified atom stereocenters. The van der Waals surface area contributed by atoms with Gasteiger partial charge in [-0.25, -0.2) is 9.18 Å². The molecule has 1 atom stereocenters. The van der Waals surface area contributed by atoms with Crippen molar-refractivity contribution in [1.29, 1.82) is 0 Å². The minimum Gasteiger partial charge on any atom is -0.494 e. The van der Waals surface area contributed by atoms with E-state index in [0.717, 1.165) is 4.90 Å². The van der Waals surface area contributed by atoms with E-state index >= 15 is 0 Å². The van der Waals surface area contributed by atoms with Crippen LogP contribution in [0.1, 0.15) is 39.4 Å². The number of carboxylic acid groups (broad SMARTS) is 1. The lowest BCUT2D eigenvalue weighted by atomic mass is 9.78. The van der Waals surface area contributed by atoms with Crippen molar-refractivity contribution in [2.75, 3.05) is 13.2 Å². The Balaban J connectivity index is 2.40. The van der Waals surface area contributed by atoms with Crippen LogP contribution in [0.2, 0.25) is 0 Å². The fraction of sp³-hybridized carbons (Fsp3) is 0.533. The van der Waals surface area contributed by atoms with E-state index in [9.17, 15) is 19.3 Å². The Bertz CT molecular complexity index is 604. The quantitative estimate of drug-likeness (QED) is 0.825. The lowest BCUT2D eigenvalue weighted by Crippen LogP contribution is -2.47. The molecule has 1 heterocycles. The Morgan fingerprint density at radius 2 is 2.13 bits per heavy atom. The van der Waals surface area contributed by atoms with E-state index in [0.29, 0.717) is 12.4 Å². The molecular formula is C15H21BFNO5. The van der Waals surface area contributed by atoms with Crippen LogP contribution < -0.4 is 10.2 Å². The molecule has 0 saturated carbocycles. The van der Waals surface area contributed by atoms with Crippen molar-refractivity contribution in [1.82, 2.24) is 4.90 Å². The van der Waals surface area contributed by atoms with Crippen LogP contribution in [-0.2, 0) is 4.65 Å². The van der Waals surface area contributed by atoms with Gasteiger partial charge in [-0.3, -0.25) is 0 Å². The summed E-state index contributed by atoms with van der Waals surface area (Å²) in [7, 11) is -1.34. The normalized spacial score (nSPS) is 17.1. The van der Waals surface area contributed by atoms with Crippen LogP contribution in [0.15, 0.2) is 12.1 Å². The highest BCUT2D eigenvalue weighted by molar-refractivity contribution is 6.62. The molecular weight excluding hydrogens is 304 g/mol. The molecule has 0 fully saturated rings. The van der Waals surface area contributed by atoms with Gasteiger partial charge in [0.15, 0.2) is 0 Å². The molecule has 1 amide bonds. The fourth-order valence-corrected chi connectivity index (χ4v) is 2.68. The summed E-state index contributed by atoms with van der Waals surface area (Å²) in [5.74, 6) is -0.208. The van der Waals surface area contributed by atoms with E-state index in [1.807, 2.05) is 0 Å². The second-order valence-electron chi connectivity index (χ2n) is 6.35. The molecule has 0 spiro atoms. The number of benzene rings is 1. The van der Waals surface area contributed by atoms with E-state index in [1.54, 1.807) is 27.7 Å². The first kappa shape index (κ1) is 17.6.